The molecule has 0 bridgehead atoms. The molecule has 146 valence electrons. The number of piperazine rings is 1. The number of carbonyl (C=O) groups is 1. The van der Waals surface area contributed by atoms with Crippen LogP contribution in [0, 0.1) is 0 Å². The van der Waals surface area contributed by atoms with Crippen molar-refractivity contribution in [3.63, 3.8) is 0 Å². The molecule has 0 spiro atoms. The van der Waals surface area contributed by atoms with Crippen molar-refractivity contribution < 1.29 is 18.1 Å². The predicted molar refractivity (Wildman–Crippen MR) is 106 cm³/mol. The third kappa shape index (κ3) is 4.95. The van der Waals surface area contributed by atoms with Crippen LogP contribution in [0.4, 0.5) is 0 Å². The summed E-state index contributed by atoms with van der Waals surface area (Å²) in [6.45, 7) is 4.67. The Morgan fingerprint density at radius 3 is 2.52 bits per heavy atom. The van der Waals surface area contributed by atoms with E-state index in [0.29, 0.717) is 37.6 Å². The van der Waals surface area contributed by atoms with E-state index in [9.17, 15) is 13.2 Å². The van der Waals surface area contributed by atoms with E-state index < -0.39 is 10.0 Å². The summed E-state index contributed by atoms with van der Waals surface area (Å²) in [5.74, 6) is 0.0286. The molecule has 0 aliphatic carbocycles. The maximum absolute atomic E-state index is 12.7. The van der Waals surface area contributed by atoms with E-state index in [2.05, 4.69) is 11.4 Å². The molecule has 1 aromatic heterocycles. The topological polar surface area (TPSA) is 70.9 Å². The SMILES string of the molecule is C[C@H](C(=O)NCCc1cccs1)[NH+]1CCN(S(=O)(=O)c2ccccc2)CC1. The molecule has 3 rings (SSSR count). The van der Waals surface area contributed by atoms with Gasteiger partial charge in [-0.1, -0.05) is 24.3 Å². The molecule has 1 amide bonds. The Kier molecular flexibility index (Phi) is 6.64. The molecule has 2 heterocycles. The Labute approximate surface area is 164 Å². The van der Waals surface area contributed by atoms with Gasteiger partial charge in [0, 0.05) is 11.4 Å². The fraction of sp³-hybridized carbons (Fsp3) is 0.421. The average Bonchev–Trinajstić information content (AvgIpc) is 3.21. The van der Waals surface area contributed by atoms with Crippen LogP contribution in [0.15, 0.2) is 52.7 Å². The van der Waals surface area contributed by atoms with E-state index >= 15 is 0 Å². The first-order valence-electron chi connectivity index (χ1n) is 9.18. The molecule has 0 unspecified atom stereocenters. The Balaban J connectivity index is 1.48. The molecule has 1 aliphatic heterocycles. The van der Waals surface area contributed by atoms with Crippen molar-refractivity contribution in [2.45, 2.75) is 24.3 Å². The lowest BCUT2D eigenvalue weighted by molar-refractivity contribution is -0.917. The molecule has 1 saturated heterocycles. The van der Waals surface area contributed by atoms with E-state index in [1.165, 1.54) is 9.18 Å². The van der Waals surface area contributed by atoms with Gasteiger partial charge in [0.25, 0.3) is 5.91 Å². The summed E-state index contributed by atoms with van der Waals surface area (Å²) in [6, 6.07) is 12.4. The van der Waals surface area contributed by atoms with Crippen molar-refractivity contribution in [2.24, 2.45) is 0 Å². The van der Waals surface area contributed by atoms with Crippen LogP contribution in [-0.4, -0.2) is 57.4 Å². The lowest BCUT2D eigenvalue weighted by Gasteiger charge is -2.34. The zero-order chi connectivity index (χ0) is 19.3. The largest absolute Gasteiger partial charge is 0.351 e. The van der Waals surface area contributed by atoms with E-state index in [1.807, 2.05) is 18.4 Å². The van der Waals surface area contributed by atoms with E-state index in [0.717, 1.165) is 11.3 Å². The van der Waals surface area contributed by atoms with Gasteiger partial charge in [0.05, 0.1) is 31.1 Å². The molecule has 0 radical (unpaired) electrons. The van der Waals surface area contributed by atoms with Crippen molar-refractivity contribution in [3.05, 3.63) is 52.7 Å². The molecule has 1 aromatic carbocycles. The number of carbonyl (C=O) groups excluding carboxylic acids is 1. The normalized spacial score (nSPS) is 17.5. The number of benzene rings is 1. The van der Waals surface area contributed by atoms with Crippen LogP contribution in [0.5, 0.6) is 0 Å². The second-order valence-electron chi connectivity index (χ2n) is 6.72. The van der Waals surface area contributed by atoms with Gasteiger partial charge in [-0.2, -0.15) is 4.31 Å². The minimum Gasteiger partial charge on any atom is -0.351 e. The molecular formula is C19H26N3O3S2+. The summed E-state index contributed by atoms with van der Waals surface area (Å²) in [4.78, 5) is 15.1. The van der Waals surface area contributed by atoms with Gasteiger partial charge >= 0.3 is 0 Å². The number of rotatable bonds is 7. The number of amides is 1. The number of quaternary nitrogens is 1. The van der Waals surface area contributed by atoms with Gasteiger partial charge in [0.2, 0.25) is 10.0 Å². The summed E-state index contributed by atoms with van der Waals surface area (Å²) < 4.78 is 26.9. The van der Waals surface area contributed by atoms with Crippen LogP contribution in [0.3, 0.4) is 0 Å². The number of sulfonamides is 1. The standard InChI is InChI=1S/C19H25N3O3S2/c1-16(19(23)20-10-9-17-6-5-15-26-17)21-11-13-22(14-12-21)27(24,25)18-7-3-2-4-8-18/h2-8,15-16H,9-14H2,1H3,(H,20,23)/p+1/t16-/m1/s1. The number of thiophene rings is 1. The lowest BCUT2D eigenvalue weighted by atomic mass is 10.2. The summed E-state index contributed by atoms with van der Waals surface area (Å²) >= 11 is 1.69. The molecule has 0 saturated carbocycles. The van der Waals surface area contributed by atoms with Crippen molar-refractivity contribution in [1.82, 2.24) is 9.62 Å². The molecule has 27 heavy (non-hydrogen) atoms. The first-order chi connectivity index (χ1) is 13.0. The fourth-order valence-electron chi connectivity index (χ4n) is 3.29. The summed E-state index contributed by atoms with van der Waals surface area (Å²) in [6.07, 6.45) is 0.842. The number of hydrogen-bond acceptors (Lipinski definition) is 4. The minimum atomic E-state index is -3.45. The van der Waals surface area contributed by atoms with Gasteiger partial charge in [0.1, 0.15) is 0 Å². The van der Waals surface area contributed by atoms with Crippen molar-refractivity contribution in [1.29, 1.82) is 0 Å². The number of nitrogens with zero attached hydrogens (tertiary/aromatic N) is 1. The molecule has 8 heteroatoms. The van der Waals surface area contributed by atoms with Crippen LogP contribution >= 0.6 is 11.3 Å². The third-order valence-electron chi connectivity index (χ3n) is 5.00. The molecular weight excluding hydrogens is 382 g/mol. The highest BCUT2D eigenvalue weighted by atomic mass is 32.2. The van der Waals surface area contributed by atoms with Gasteiger partial charge in [-0.25, -0.2) is 8.42 Å². The first kappa shape index (κ1) is 20.0. The highest BCUT2D eigenvalue weighted by Crippen LogP contribution is 2.14. The zero-order valence-electron chi connectivity index (χ0n) is 15.4. The van der Waals surface area contributed by atoms with Gasteiger partial charge in [-0.05, 0) is 36.9 Å². The van der Waals surface area contributed by atoms with Crippen LogP contribution in [0.2, 0.25) is 0 Å². The zero-order valence-corrected chi connectivity index (χ0v) is 17.1. The molecule has 2 aromatic rings. The second kappa shape index (κ2) is 8.97. The molecule has 6 nitrogen and oxygen atoms in total. The van der Waals surface area contributed by atoms with Crippen LogP contribution in [0.1, 0.15) is 11.8 Å². The maximum atomic E-state index is 12.7. The monoisotopic (exact) mass is 408 g/mol. The van der Waals surface area contributed by atoms with Gasteiger partial charge < -0.3 is 10.2 Å². The Morgan fingerprint density at radius 2 is 1.89 bits per heavy atom. The van der Waals surface area contributed by atoms with Crippen LogP contribution < -0.4 is 10.2 Å². The predicted octanol–water partition coefficient (Wildman–Crippen LogP) is 0.385. The van der Waals surface area contributed by atoms with E-state index in [1.54, 1.807) is 41.7 Å². The quantitative estimate of drug-likeness (QED) is 0.696. The van der Waals surface area contributed by atoms with Crippen LogP contribution in [0.25, 0.3) is 0 Å². The highest BCUT2D eigenvalue weighted by molar-refractivity contribution is 7.89. The summed E-state index contributed by atoms with van der Waals surface area (Å²) in [5, 5.41) is 5.03. The Morgan fingerprint density at radius 1 is 1.19 bits per heavy atom. The molecule has 2 N–H and O–H groups in total. The van der Waals surface area contributed by atoms with Crippen molar-refractivity contribution in [3.8, 4) is 0 Å². The van der Waals surface area contributed by atoms with E-state index in [-0.39, 0.29) is 11.9 Å². The second-order valence-corrected chi connectivity index (χ2v) is 9.69. The average molecular weight is 409 g/mol. The summed E-state index contributed by atoms with van der Waals surface area (Å²) in [7, 11) is -3.45. The number of nitrogens with one attached hydrogen (secondary N) is 2. The summed E-state index contributed by atoms with van der Waals surface area (Å²) in [5.41, 5.74) is 0. The highest BCUT2D eigenvalue weighted by Gasteiger charge is 2.34. The lowest BCUT2D eigenvalue weighted by Crippen LogP contribution is -3.19. The Hall–Kier alpha value is -1.74. The smallest absolute Gasteiger partial charge is 0.278 e. The molecule has 1 fully saturated rings. The number of hydrogen-bond donors (Lipinski definition) is 2. The van der Waals surface area contributed by atoms with E-state index in [4.69, 9.17) is 0 Å². The molecule has 1 aliphatic rings. The first-order valence-corrected chi connectivity index (χ1v) is 11.5. The maximum Gasteiger partial charge on any atom is 0.278 e. The van der Waals surface area contributed by atoms with Crippen molar-refractivity contribution >= 4 is 27.3 Å². The van der Waals surface area contributed by atoms with Gasteiger partial charge in [-0.3, -0.25) is 4.79 Å². The third-order valence-corrected chi connectivity index (χ3v) is 7.85. The Bertz CT molecular complexity index is 830. The van der Waals surface area contributed by atoms with Gasteiger partial charge in [0.15, 0.2) is 6.04 Å². The molecule has 1 atom stereocenters. The minimum absolute atomic E-state index is 0.0286. The fourth-order valence-corrected chi connectivity index (χ4v) is 5.46. The van der Waals surface area contributed by atoms with Gasteiger partial charge in [-0.15, -0.1) is 11.3 Å². The van der Waals surface area contributed by atoms with Crippen LogP contribution in [-0.2, 0) is 21.2 Å². The van der Waals surface area contributed by atoms with Crippen molar-refractivity contribution in [2.75, 3.05) is 32.7 Å².